The fourth-order valence-corrected chi connectivity index (χ4v) is 2.75. The van der Waals surface area contributed by atoms with Crippen LogP contribution in [0, 0.1) is 6.92 Å². The minimum atomic E-state index is -0.554. The van der Waals surface area contributed by atoms with E-state index in [-0.39, 0.29) is 0 Å². The van der Waals surface area contributed by atoms with Crippen molar-refractivity contribution in [1.82, 2.24) is 4.57 Å². The lowest BCUT2D eigenvalue weighted by Gasteiger charge is -2.11. The topological polar surface area (TPSA) is 66.5 Å². The molecule has 0 saturated heterocycles. The molecule has 0 saturated carbocycles. The Bertz CT molecular complexity index is 865. The SMILES string of the molecule is CCOc1ccc(-c2cc(C)cn2-c2ccc(C(=O)ON)cc2)cc1. The molecule has 0 aliphatic heterocycles. The van der Waals surface area contributed by atoms with Crippen LogP contribution in [0.5, 0.6) is 5.75 Å². The summed E-state index contributed by atoms with van der Waals surface area (Å²) in [6.45, 7) is 4.66. The van der Waals surface area contributed by atoms with Crippen LogP contribution in [0.3, 0.4) is 0 Å². The number of nitrogens with two attached hydrogens (primary N) is 1. The second-order valence-electron chi connectivity index (χ2n) is 5.68. The maximum absolute atomic E-state index is 11.5. The summed E-state index contributed by atoms with van der Waals surface area (Å²) in [6.07, 6.45) is 2.06. The number of hydrogen-bond acceptors (Lipinski definition) is 4. The zero-order chi connectivity index (χ0) is 17.8. The van der Waals surface area contributed by atoms with E-state index in [0.29, 0.717) is 12.2 Å². The summed E-state index contributed by atoms with van der Waals surface area (Å²) in [7, 11) is 0. The summed E-state index contributed by atoms with van der Waals surface area (Å²) in [5, 5.41) is 0. The second-order valence-corrected chi connectivity index (χ2v) is 5.68. The van der Waals surface area contributed by atoms with E-state index < -0.39 is 5.97 Å². The number of rotatable bonds is 5. The lowest BCUT2D eigenvalue weighted by molar-refractivity contribution is 0.0503. The van der Waals surface area contributed by atoms with Crippen LogP contribution in [0.4, 0.5) is 0 Å². The van der Waals surface area contributed by atoms with Gasteiger partial charge in [-0.2, -0.15) is 5.90 Å². The van der Waals surface area contributed by atoms with Crippen molar-refractivity contribution < 1.29 is 14.4 Å². The molecule has 0 aliphatic rings. The number of benzene rings is 2. The van der Waals surface area contributed by atoms with Crippen LogP contribution in [-0.4, -0.2) is 17.1 Å². The van der Waals surface area contributed by atoms with E-state index in [1.165, 1.54) is 0 Å². The number of aryl methyl sites for hydroxylation is 1. The van der Waals surface area contributed by atoms with Gasteiger partial charge in [0.1, 0.15) is 5.75 Å². The minimum Gasteiger partial charge on any atom is -0.494 e. The van der Waals surface area contributed by atoms with Crippen LogP contribution in [-0.2, 0) is 4.84 Å². The largest absolute Gasteiger partial charge is 0.494 e. The highest BCUT2D eigenvalue weighted by Gasteiger charge is 2.10. The Kier molecular flexibility index (Phi) is 4.86. The second kappa shape index (κ2) is 7.23. The molecular formula is C20H20N2O3. The molecule has 3 rings (SSSR count). The summed E-state index contributed by atoms with van der Waals surface area (Å²) in [6, 6.07) is 17.2. The normalized spacial score (nSPS) is 10.5. The first-order valence-corrected chi connectivity index (χ1v) is 8.06. The number of nitrogens with zero attached hydrogens (tertiary/aromatic N) is 1. The molecule has 0 spiro atoms. The van der Waals surface area contributed by atoms with Gasteiger partial charge in [-0.3, -0.25) is 0 Å². The fourth-order valence-electron chi connectivity index (χ4n) is 2.75. The maximum Gasteiger partial charge on any atom is 0.356 e. The third kappa shape index (κ3) is 3.56. The Morgan fingerprint density at radius 1 is 1.08 bits per heavy atom. The average molecular weight is 336 g/mol. The molecule has 0 radical (unpaired) electrons. The number of ether oxygens (including phenoxy) is 1. The van der Waals surface area contributed by atoms with Gasteiger partial charge < -0.3 is 14.1 Å². The van der Waals surface area contributed by atoms with Crippen molar-refractivity contribution in [3.63, 3.8) is 0 Å². The summed E-state index contributed by atoms with van der Waals surface area (Å²) in [5.41, 5.74) is 4.66. The Morgan fingerprint density at radius 2 is 1.76 bits per heavy atom. The molecule has 0 aliphatic carbocycles. The maximum atomic E-state index is 11.5. The van der Waals surface area contributed by atoms with Crippen molar-refractivity contribution in [3.8, 4) is 22.7 Å². The lowest BCUT2D eigenvalue weighted by atomic mass is 10.1. The molecule has 1 heterocycles. The van der Waals surface area contributed by atoms with Crippen LogP contribution in [0.15, 0.2) is 60.8 Å². The number of aromatic nitrogens is 1. The van der Waals surface area contributed by atoms with Crippen LogP contribution < -0.4 is 10.6 Å². The van der Waals surface area contributed by atoms with Gasteiger partial charge in [-0.1, -0.05) is 0 Å². The molecule has 128 valence electrons. The van der Waals surface area contributed by atoms with E-state index in [9.17, 15) is 4.79 Å². The van der Waals surface area contributed by atoms with Crippen molar-refractivity contribution in [2.24, 2.45) is 5.90 Å². The van der Waals surface area contributed by atoms with E-state index in [0.717, 1.165) is 28.3 Å². The highest BCUT2D eigenvalue weighted by atomic mass is 16.7. The molecule has 0 fully saturated rings. The smallest absolute Gasteiger partial charge is 0.356 e. The van der Waals surface area contributed by atoms with Gasteiger partial charge in [-0.05, 0) is 79.6 Å². The molecule has 0 unspecified atom stereocenters. The monoisotopic (exact) mass is 336 g/mol. The standard InChI is InChI=1S/C20H20N2O3/c1-3-24-18-10-6-15(7-11-18)19-12-14(2)13-22(19)17-8-4-16(5-9-17)20(23)25-21/h4-13H,3,21H2,1-2H3. The highest BCUT2D eigenvalue weighted by Crippen LogP contribution is 2.27. The highest BCUT2D eigenvalue weighted by molar-refractivity contribution is 5.89. The molecule has 1 aromatic heterocycles. The quantitative estimate of drug-likeness (QED) is 0.718. The van der Waals surface area contributed by atoms with Crippen LogP contribution in [0.25, 0.3) is 16.9 Å². The summed E-state index contributed by atoms with van der Waals surface area (Å²) in [4.78, 5) is 15.7. The molecule has 0 amide bonds. The molecule has 3 aromatic rings. The van der Waals surface area contributed by atoms with Gasteiger partial charge in [-0.25, -0.2) is 4.79 Å². The third-order valence-corrected chi connectivity index (χ3v) is 3.91. The van der Waals surface area contributed by atoms with Crippen molar-refractivity contribution in [2.75, 3.05) is 6.61 Å². The van der Waals surface area contributed by atoms with Crippen molar-refractivity contribution in [3.05, 3.63) is 71.9 Å². The van der Waals surface area contributed by atoms with Gasteiger partial charge in [-0.15, -0.1) is 0 Å². The molecule has 2 N–H and O–H groups in total. The fraction of sp³-hybridized carbons (Fsp3) is 0.150. The first kappa shape index (κ1) is 16.8. The summed E-state index contributed by atoms with van der Waals surface area (Å²) < 4.78 is 7.59. The van der Waals surface area contributed by atoms with E-state index >= 15 is 0 Å². The summed E-state index contributed by atoms with van der Waals surface area (Å²) in [5.74, 6) is 5.22. The van der Waals surface area contributed by atoms with Gasteiger partial charge in [0.25, 0.3) is 0 Å². The summed E-state index contributed by atoms with van der Waals surface area (Å²) >= 11 is 0. The predicted octanol–water partition coefficient (Wildman–Crippen LogP) is 3.88. The third-order valence-electron chi connectivity index (χ3n) is 3.91. The van der Waals surface area contributed by atoms with Crippen LogP contribution in [0.1, 0.15) is 22.8 Å². The van der Waals surface area contributed by atoms with Crippen LogP contribution >= 0.6 is 0 Å². The number of carbonyl (C=O) groups is 1. The van der Waals surface area contributed by atoms with Crippen molar-refractivity contribution >= 4 is 5.97 Å². The van der Waals surface area contributed by atoms with Gasteiger partial charge in [0.05, 0.1) is 17.9 Å². The van der Waals surface area contributed by atoms with Gasteiger partial charge in [0, 0.05) is 11.9 Å². The Balaban J connectivity index is 1.97. The van der Waals surface area contributed by atoms with Gasteiger partial charge in [0.2, 0.25) is 0 Å². The van der Waals surface area contributed by atoms with E-state index in [4.69, 9.17) is 10.6 Å². The molecule has 0 atom stereocenters. The van der Waals surface area contributed by atoms with Gasteiger partial charge in [0.15, 0.2) is 0 Å². The molecule has 2 aromatic carbocycles. The van der Waals surface area contributed by atoms with Crippen molar-refractivity contribution in [2.45, 2.75) is 13.8 Å². The van der Waals surface area contributed by atoms with E-state index in [1.807, 2.05) is 43.3 Å². The van der Waals surface area contributed by atoms with E-state index in [2.05, 4.69) is 28.6 Å². The predicted molar refractivity (Wildman–Crippen MR) is 96.7 cm³/mol. The molecule has 0 bridgehead atoms. The Hall–Kier alpha value is -3.05. The van der Waals surface area contributed by atoms with Crippen molar-refractivity contribution in [1.29, 1.82) is 0 Å². The molecule has 5 heteroatoms. The van der Waals surface area contributed by atoms with Gasteiger partial charge >= 0.3 is 5.97 Å². The first-order chi connectivity index (χ1) is 12.1. The Morgan fingerprint density at radius 3 is 2.36 bits per heavy atom. The number of carbonyl (C=O) groups excluding carboxylic acids is 1. The number of hydrogen-bond donors (Lipinski definition) is 1. The minimum absolute atomic E-state index is 0.415. The average Bonchev–Trinajstić information content (AvgIpc) is 3.04. The zero-order valence-electron chi connectivity index (χ0n) is 14.2. The van der Waals surface area contributed by atoms with E-state index in [1.54, 1.807) is 12.1 Å². The zero-order valence-corrected chi connectivity index (χ0v) is 14.2. The lowest BCUT2D eigenvalue weighted by Crippen LogP contribution is -2.10. The molecule has 5 nitrogen and oxygen atoms in total. The first-order valence-electron chi connectivity index (χ1n) is 8.06. The molecule has 25 heavy (non-hydrogen) atoms. The Labute approximate surface area is 146 Å². The molecular weight excluding hydrogens is 316 g/mol. The van der Waals surface area contributed by atoms with Crippen LogP contribution in [0.2, 0.25) is 0 Å².